The minimum absolute atomic E-state index is 0.0705. The van der Waals surface area contributed by atoms with Crippen molar-refractivity contribution >= 4 is 21.6 Å². The molecule has 1 amide bonds. The van der Waals surface area contributed by atoms with E-state index in [-0.39, 0.29) is 10.6 Å². The average molecular weight is 289 g/mol. The molecule has 0 radical (unpaired) electrons. The maximum absolute atomic E-state index is 11.7. The van der Waals surface area contributed by atoms with Gasteiger partial charge in [0, 0.05) is 6.07 Å². The van der Waals surface area contributed by atoms with Crippen LogP contribution in [0.4, 0.5) is 5.69 Å². The number of nitrogens with zero attached hydrogens (tertiary/aromatic N) is 1. The van der Waals surface area contributed by atoms with Gasteiger partial charge in [-0.25, -0.2) is 13.1 Å². The summed E-state index contributed by atoms with van der Waals surface area (Å²) in [4.78, 5) is 20.2. The second-order valence-corrected chi connectivity index (χ2v) is 5.15. The Bertz CT molecular complexity index is 612. The van der Waals surface area contributed by atoms with Crippen molar-refractivity contribution in [1.29, 1.82) is 0 Å². The molecule has 1 aromatic rings. The van der Waals surface area contributed by atoms with E-state index in [4.69, 9.17) is 10.5 Å². The van der Waals surface area contributed by atoms with E-state index in [2.05, 4.69) is 0 Å². The van der Waals surface area contributed by atoms with E-state index < -0.39 is 33.1 Å². The Hall–Kier alpha value is -2.20. The third-order valence-corrected chi connectivity index (χ3v) is 3.49. The standard InChI is InChI=1S/C9H11N3O6S/c1-18-8-3-2-6(4-7(8)12(14)15)19(16,17)11-5-9(10)13/h2-4,11H,5H2,1H3,(H2,10,13). The van der Waals surface area contributed by atoms with Gasteiger partial charge in [-0.1, -0.05) is 0 Å². The maximum atomic E-state index is 11.7. The van der Waals surface area contributed by atoms with Gasteiger partial charge < -0.3 is 10.5 Å². The van der Waals surface area contributed by atoms with Gasteiger partial charge in [0.2, 0.25) is 15.9 Å². The normalized spacial score (nSPS) is 11.0. The zero-order valence-corrected chi connectivity index (χ0v) is 10.6. The summed E-state index contributed by atoms with van der Waals surface area (Å²) in [6, 6.07) is 3.11. The highest BCUT2D eigenvalue weighted by Crippen LogP contribution is 2.29. The molecule has 0 spiro atoms. The second kappa shape index (κ2) is 5.63. The molecule has 0 aromatic heterocycles. The monoisotopic (exact) mass is 289 g/mol. The number of methoxy groups -OCH3 is 1. The SMILES string of the molecule is COc1ccc(S(=O)(=O)NCC(N)=O)cc1[N+](=O)[O-]. The molecule has 0 aliphatic rings. The average Bonchev–Trinajstić information content (AvgIpc) is 2.35. The summed E-state index contributed by atoms with van der Waals surface area (Å²) in [5.74, 6) is -0.939. The molecule has 0 saturated carbocycles. The van der Waals surface area contributed by atoms with Crippen molar-refractivity contribution in [3.63, 3.8) is 0 Å². The van der Waals surface area contributed by atoms with Gasteiger partial charge in [-0.3, -0.25) is 14.9 Å². The number of hydrogen-bond donors (Lipinski definition) is 2. The zero-order valence-electron chi connectivity index (χ0n) is 9.82. The number of sulfonamides is 1. The van der Waals surface area contributed by atoms with Gasteiger partial charge >= 0.3 is 5.69 Å². The highest BCUT2D eigenvalue weighted by Gasteiger charge is 2.22. The third kappa shape index (κ3) is 3.63. The van der Waals surface area contributed by atoms with Crippen LogP contribution in [0.1, 0.15) is 0 Å². The Morgan fingerprint density at radius 2 is 2.16 bits per heavy atom. The molecule has 0 aliphatic heterocycles. The van der Waals surface area contributed by atoms with Crippen LogP contribution in [-0.2, 0) is 14.8 Å². The number of primary amides is 1. The smallest absolute Gasteiger partial charge is 0.312 e. The zero-order chi connectivity index (χ0) is 14.6. The molecule has 1 aromatic carbocycles. The van der Waals surface area contributed by atoms with Gasteiger partial charge in [0.15, 0.2) is 5.75 Å². The number of nitrogens with two attached hydrogens (primary N) is 1. The Morgan fingerprint density at radius 3 is 2.63 bits per heavy atom. The summed E-state index contributed by atoms with van der Waals surface area (Å²) in [5, 5.41) is 10.8. The number of carbonyl (C=O) groups excluding carboxylic acids is 1. The van der Waals surface area contributed by atoms with Crippen molar-refractivity contribution in [3.8, 4) is 5.75 Å². The molecule has 19 heavy (non-hydrogen) atoms. The highest BCUT2D eigenvalue weighted by atomic mass is 32.2. The second-order valence-electron chi connectivity index (χ2n) is 3.38. The molecule has 104 valence electrons. The molecule has 1 rings (SSSR count). The quantitative estimate of drug-likeness (QED) is 0.527. The third-order valence-electron chi connectivity index (χ3n) is 2.09. The number of nitro groups is 1. The largest absolute Gasteiger partial charge is 0.490 e. The predicted octanol–water partition coefficient (Wildman–Crippen LogP) is -0.633. The van der Waals surface area contributed by atoms with Crippen molar-refractivity contribution in [2.45, 2.75) is 4.90 Å². The van der Waals surface area contributed by atoms with Crippen molar-refractivity contribution in [3.05, 3.63) is 28.3 Å². The summed E-state index contributed by atoms with van der Waals surface area (Å²) in [6.45, 7) is -0.595. The first-order valence-electron chi connectivity index (χ1n) is 4.88. The van der Waals surface area contributed by atoms with Gasteiger partial charge in [0.05, 0.1) is 23.5 Å². The van der Waals surface area contributed by atoms with E-state index in [1.807, 2.05) is 4.72 Å². The number of ether oxygens (including phenoxy) is 1. The number of nitro benzene ring substituents is 1. The fraction of sp³-hybridized carbons (Fsp3) is 0.222. The summed E-state index contributed by atoms with van der Waals surface area (Å²) < 4.78 is 30.1. The minimum atomic E-state index is -4.05. The first-order valence-corrected chi connectivity index (χ1v) is 6.36. The molecule has 0 aliphatic carbocycles. The Balaban J connectivity index is 3.18. The van der Waals surface area contributed by atoms with Crippen LogP contribution in [0, 0.1) is 10.1 Å². The fourth-order valence-electron chi connectivity index (χ4n) is 1.23. The van der Waals surface area contributed by atoms with Gasteiger partial charge in [-0.2, -0.15) is 0 Å². The number of rotatable bonds is 6. The minimum Gasteiger partial charge on any atom is -0.490 e. The van der Waals surface area contributed by atoms with Crippen LogP contribution < -0.4 is 15.2 Å². The van der Waals surface area contributed by atoms with Crippen molar-refractivity contribution in [1.82, 2.24) is 4.72 Å². The number of hydrogen-bond acceptors (Lipinski definition) is 6. The van der Waals surface area contributed by atoms with Crippen LogP contribution in [0.3, 0.4) is 0 Å². The number of amides is 1. The topological polar surface area (TPSA) is 142 Å². The molecule has 0 fully saturated rings. The summed E-state index contributed by atoms with van der Waals surface area (Å²) >= 11 is 0. The Morgan fingerprint density at radius 1 is 1.53 bits per heavy atom. The van der Waals surface area contributed by atoms with E-state index in [0.29, 0.717) is 0 Å². The van der Waals surface area contributed by atoms with Crippen molar-refractivity contribution < 1.29 is 22.9 Å². The summed E-state index contributed by atoms with van der Waals surface area (Å²) in [5.41, 5.74) is 4.31. The van der Waals surface area contributed by atoms with Gasteiger partial charge in [0.1, 0.15) is 0 Å². The fourth-order valence-corrected chi connectivity index (χ4v) is 2.24. The molecule has 0 saturated heterocycles. The highest BCUT2D eigenvalue weighted by molar-refractivity contribution is 7.89. The van der Waals surface area contributed by atoms with Gasteiger partial charge in [-0.15, -0.1) is 0 Å². The van der Waals surface area contributed by atoms with E-state index in [1.54, 1.807) is 0 Å². The van der Waals surface area contributed by atoms with Crippen molar-refractivity contribution in [2.24, 2.45) is 5.73 Å². The van der Waals surface area contributed by atoms with Crippen LogP contribution in [0.5, 0.6) is 5.75 Å². The van der Waals surface area contributed by atoms with Crippen molar-refractivity contribution in [2.75, 3.05) is 13.7 Å². The molecule has 3 N–H and O–H groups in total. The number of benzene rings is 1. The first-order chi connectivity index (χ1) is 8.77. The lowest BCUT2D eigenvalue weighted by Gasteiger charge is -2.06. The molecule has 9 nitrogen and oxygen atoms in total. The van der Waals surface area contributed by atoms with E-state index in [1.165, 1.54) is 7.11 Å². The van der Waals surface area contributed by atoms with E-state index in [0.717, 1.165) is 18.2 Å². The number of nitrogens with one attached hydrogen (secondary N) is 1. The predicted molar refractivity (Wildman–Crippen MR) is 64.0 cm³/mol. The maximum Gasteiger partial charge on any atom is 0.312 e. The molecule has 10 heteroatoms. The Labute approximate surface area is 108 Å². The van der Waals surface area contributed by atoms with Crippen LogP contribution in [0.2, 0.25) is 0 Å². The molecular formula is C9H11N3O6S. The van der Waals surface area contributed by atoms with E-state index in [9.17, 15) is 23.3 Å². The molecular weight excluding hydrogens is 278 g/mol. The molecule has 0 heterocycles. The Kier molecular flexibility index (Phi) is 4.40. The first kappa shape index (κ1) is 14.9. The number of carbonyl (C=O) groups is 1. The molecule has 0 bridgehead atoms. The van der Waals surface area contributed by atoms with E-state index >= 15 is 0 Å². The lowest BCUT2D eigenvalue weighted by atomic mass is 10.3. The van der Waals surface area contributed by atoms with Crippen LogP contribution in [0.15, 0.2) is 23.1 Å². The van der Waals surface area contributed by atoms with Crippen LogP contribution in [-0.4, -0.2) is 32.9 Å². The van der Waals surface area contributed by atoms with Gasteiger partial charge in [0.25, 0.3) is 0 Å². The molecule has 0 atom stereocenters. The van der Waals surface area contributed by atoms with Crippen LogP contribution in [0.25, 0.3) is 0 Å². The lowest BCUT2D eigenvalue weighted by Crippen LogP contribution is -2.33. The van der Waals surface area contributed by atoms with Gasteiger partial charge in [-0.05, 0) is 12.1 Å². The summed E-state index contributed by atoms with van der Waals surface area (Å²) in [6.07, 6.45) is 0. The summed E-state index contributed by atoms with van der Waals surface area (Å²) in [7, 11) is -2.82. The lowest BCUT2D eigenvalue weighted by molar-refractivity contribution is -0.386. The molecule has 0 unspecified atom stereocenters. The van der Waals surface area contributed by atoms with Crippen LogP contribution >= 0.6 is 0 Å².